The number of esters is 4. The molecule has 2 aromatic rings. The Morgan fingerprint density at radius 2 is 1.47 bits per heavy atom. The summed E-state index contributed by atoms with van der Waals surface area (Å²) in [7, 11) is 0. The summed E-state index contributed by atoms with van der Waals surface area (Å²) in [5, 5.41) is 11.0. The topological polar surface area (TPSA) is 135 Å². The van der Waals surface area contributed by atoms with E-state index >= 15 is 0 Å². The van der Waals surface area contributed by atoms with E-state index in [2.05, 4.69) is 11.8 Å². The highest BCUT2D eigenvalue weighted by Crippen LogP contribution is 2.39. The van der Waals surface area contributed by atoms with Gasteiger partial charge in [-0.15, -0.1) is 0 Å². The molecule has 240 valence electrons. The first-order valence-electron chi connectivity index (χ1n) is 14.8. The molecule has 2 aliphatic rings. The average Bonchev–Trinajstić information content (AvgIpc) is 3.41. The molecule has 1 unspecified atom stereocenters. The number of hydrogen-bond acceptors (Lipinski definition) is 10. The van der Waals surface area contributed by atoms with E-state index in [9.17, 15) is 24.3 Å². The van der Waals surface area contributed by atoms with Gasteiger partial charge < -0.3 is 28.8 Å². The molecule has 0 aromatic heterocycles. The molecular formula is C34H37ClO10. The Bertz CT molecular complexity index is 1470. The normalized spacial score (nSPS) is 23.6. The fourth-order valence-electron chi connectivity index (χ4n) is 5.60. The fourth-order valence-corrected chi connectivity index (χ4v) is 5.79. The zero-order chi connectivity index (χ0) is 32.7. The number of carbonyl (C=O) groups is 4. The van der Waals surface area contributed by atoms with E-state index in [-0.39, 0.29) is 6.61 Å². The van der Waals surface area contributed by atoms with Crippen LogP contribution in [-0.4, -0.2) is 65.6 Å². The van der Waals surface area contributed by atoms with Gasteiger partial charge in [0.25, 0.3) is 0 Å². The lowest BCUT2D eigenvalue weighted by atomic mass is 9.89. The minimum atomic E-state index is -1.27. The Morgan fingerprint density at radius 1 is 0.867 bits per heavy atom. The van der Waals surface area contributed by atoms with Crippen molar-refractivity contribution in [2.75, 3.05) is 6.61 Å². The van der Waals surface area contributed by atoms with E-state index in [0.717, 1.165) is 29.5 Å². The monoisotopic (exact) mass is 640 g/mol. The number of carbonyl (C=O) groups excluding carboxylic acids is 4. The van der Waals surface area contributed by atoms with E-state index in [1.807, 2.05) is 24.3 Å². The highest BCUT2D eigenvalue weighted by atomic mass is 35.5. The van der Waals surface area contributed by atoms with Gasteiger partial charge in [-0.1, -0.05) is 47.7 Å². The molecule has 1 heterocycles. The number of halogens is 1. The maximum Gasteiger partial charge on any atom is 0.303 e. The number of aliphatic hydroxyl groups is 1. The Morgan fingerprint density at radius 3 is 2.07 bits per heavy atom. The second kappa shape index (κ2) is 14.9. The molecule has 1 saturated heterocycles. The van der Waals surface area contributed by atoms with Crippen LogP contribution >= 0.6 is 11.6 Å². The van der Waals surface area contributed by atoms with Crippen LogP contribution in [0.5, 0.6) is 0 Å². The smallest absolute Gasteiger partial charge is 0.303 e. The molecule has 2 fully saturated rings. The second-order valence-corrected chi connectivity index (χ2v) is 11.7. The Labute approximate surface area is 267 Å². The third-order valence-corrected chi connectivity index (χ3v) is 7.98. The van der Waals surface area contributed by atoms with E-state index in [4.69, 9.17) is 35.3 Å². The Balaban J connectivity index is 1.65. The molecular weight excluding hydrogens is 604 g/mol. The summed E-state index contributed by atoms with van der Waals surface area (Å²) in [5.74, 6) is 3.41. The van der Waals surface area contributed by atoms with Gasteiger partial charge in [-0.05, 0) is 67.0 Å². The van der Waals surface area contributed by atoms with Crippen molar-refractivity contribution in [1.29, 1.82) is 0 Å². The molecule has 10 nitrogen and oxygen atoms in total. The van der Waals surface area contributed by atoms with E-state index in [0.29, 0.717) is 29.8 Å². The van der Waals surface area contributed by atoms with Crippen molar-refractivity contribution in [3.05, 3.63) is 69.7 Å². The summed E-state index contributed by atoms with van der Waals surface area (Å²) in [6.07, 6.45) is -2.04. The molecule has 4 rings (SSSR count). The Hall–Kier alpha value is -3.91. The molecule has 0 spiro atoms. The molecule has 1 N–H and O–H groups in total. The third kappa shape index (κ3) is 9.30. The summed E-state index contributed by atoms with van der Waals surface area (Å²) in [6.45, 7) is 4.44. The van der Waals surface area contributed by atoms with Crippen LogP contribution in [0.3, 0.4) is 0 Å². The van der Waals surface area contributed by atoms with Crippen molar-refractivity contribution in [1.82, 2.24) is 0 Å². The number of hydrogen-bond donors (Lipinski definition) is 1. The molecule has 1 aliphatic heterocycles. The molecule has 1 saturated carbocycles. The van der Waals surface area contributed by atoms with Crippen molar-refractivity contribution in [2.24, 2.45) is 0 Å². The maximum absolute atomic E-state index is 12.2. The predicted molar refractivity (Wildman–Crippen MR) is 162 cm³/mol. The summed E-state index contributed by atoms with van der Waals surface area (Å²) >= 11 is 6.61. The van der Waals surface area contributed by atoms with Crippen molar-refractivity contribution in [2.45, 2.75) is 95.9 Å². The van der Waals surface area contributed by atoms with Gasteiger partial charge >= 0.3 is 23.9 Å². The fraction of sp³-hybridized carbons (Fsp3) is 0.471. The van der Waals surface area contributed by atoms with Crippen LogP contribution in [0, 0.1) is 11.8 Å². The van der Waals surface area contributed by atoms with E-state index in [1.165, 1.54) is 27.7 Å². The first-order chi connectivity index (χ1) is 21.3. The lowest BCUT2D eigenvalue weighted by Gasteiger charge is -2.44. The van der Waals surface area contributed by atoms with Crippen molar-refractivity contribution >= 4 is 35.5 Å². The van der Waals surface area contributed by atoms with Crippen LogP contribution in [0.25, 0.3) is 0 Å². The first-order valence-corrected chi connectivity index (χ1v) is 15.1. The van der Waals surface area contributed by atoms with Gasteiger partial charge in [-0.2, -0.15) is 0 Å². The van der Waals surface area contributed by atoms with Crippen molar-refractivity contribution < 1.29 is 48.0 Å². The van der Waals surface area contributed by atoms with Gasteiger partial charge in [0.2, 0.25) is 0 Å². The molecule has 0 bridgehead atoms. The van der Waals surface area contributed by atoms with E-state index < -0.39 is 60.0 Å². The maximum atomic E-state index is 12.2. The minimum absolute atomic E-state index is 0.318. The zero-order valence-corrected chi connectivity index (χ0v) is 26.4. The van der Waals surface area contributed by atoms with Gasteiger partial charge in [0.1, 0.15) is 24.4 Å². The van der Waals surface area contributed by atoms with Crippen molar-refractivity contribution in [3.63, 3.8) is 0 Å². The largest absolute Gasteiger partial charge is 0.463 e. The quantitative estimate of drug-likeness (QED) is 0.252. The number of benzene rings is 2. The molecule has 5 atom stereocenters. The van der Waals surface area contributed by atoms with E-state index in [1.54, 1.807) is 18.2 Å². The van der Waals surface area contributed by atoms with Gasteiger partial charge in [0.05, 0.1) is 0 Å². The standard InChI is InChI=1S/C34H37ClO10/c1-20(36)41-19-29-31(42-21(2)37)33(44-23(4)39)32(43-22(3)38)30(45-29)26-11-12-28(35)27(18-26)17-25-9-7-24(8-10-25)13-16-34(40)14-5-6-15-34/h7-12,18,29-33,40H,5-6,14-15,17,19H2,1-4H3/t29-,30+,31-,32+,33?/m1/s1. The van der Waals surface area contributed by atoms with Gasteiger partial charge in [0, 0.05) is 38.3 Å². The third-order valence-electron chi connectivity index (χ3n) is 7.61. The summed E-state index contributed by atoms with van der Waals surface area (Å²) < 4.78 is 28.1. The zero-order valence-electron chi connectivity index (χ0n) is 25.7. The highest BCUT2D eigenvalue weighted by molar-refractivity contribution is 6.31. The minimum Gasteiger partial charge on any atom is -0.463 e. The summed E-state index contributed by atoms with van der Waals surface area (Å²) in [6, 6.07) is 12.8. The number of rotatable bonds is 8. The molecule has 45 heavy (non-hydrogen) atoms. The van der Waals surface area contributed by atoms with Gasteiger partial charge in [-0.25, -0.2) is 0 Å². The highest BCUT2D eigenvalue weighted by Gasteiger charge is 2.52. The van der Waals surface area contributed by atoms with Gasteiger partial charge in [-0.3, -0.25) is 19.2 Å². The molecule has 0 radical (unpaired) electrons. The second-order valence-electron chi connectivity index (χ2n) is 11.3. The molecule has 0 amide bonds. The van der Waals surface area contributed by atoms with Gasteiger partial charge in [0.15, 0.2) is 18.3 Å². The summed E-state index contributed by atoms with van der Waals surface area (Å²) in [5.41, 5.74) is 2.10. The average molecular weight is 641 g/mol. The summed E-state index contributed by atoms with van der Waals surface area (Å²) in [4.78, 5) is 48.1. The molecule has 1 aliphatic carbocycles. The van der Waals surface area contributed by atoms with Crippen LogP contribution in [0.1, 0.15) is 81.7 Å². The number of ether oxygens (including phenoxy) is 5. The lowest BCUT2D eigenvalue weighted by molar-refractivity contribution is -0.254. The predicted octanol–water partition coefficient (Wildman–Crippen LogP) is 4.39. The first kappa shape index (κ1) is 34.0. The van der Waals surface area contributed by atoms with Crippen LogP contribution in [0.2, 0.25) is 5.02 Å². The molecule has 11 heteroatoms. The van der Waals surface area contributed by atoms with Crippen LogP contribution < -0.4 is 0 Å². The Kier molecular flexibility index (Phi) is 11.3. The lowest BCUT2D eigenvalue weighted by Crippen LogP contribution is -2.59. The van der Waals surface area contributed by atoms with Crippen LogP contribution in [0.4, 0.5) is 0 Å². The van der Waals surface area contributed by atoms with Crippen molar-refractivity contribution in [3.8, 4) is 11.8 Å². The van der Waals surface area contributed by atoms with Crippen LogP contribution in [-0.2, 0) is 49.3 Å². The molecule has 2 aromatic carbocycles. The SMILES string of the molecule is CC(=O)OC[C@H]1O[C@@H](c2ccc(Cl)c(Cc3ccc(C#CC4(O)CCCC4)cc3)c2)[C@H](OC(C)=O)C(OC(C)=O)[C@@H]1OC(C)=O. The van der Waals surface area contributed by atoms with Crippen LogP contribution in [0.15, 0.2) is 42.5 Å².